The molecule has 5 aliphatic rings. The van der Waals surface area contributed by atoms with E-state index in [1.54, 1.807) is 0 Å². The molecule has 55 heavy (non-hydrogen) atoms. The van der Waals surface area contributed by atoms with Gasteiger partial charge in [-0.2, -0.15) is 0 Å². The predicted octanol–water partition coefficient (Wildman–Crippen LogP) is 9.44. The summed E-state index contributed by atoms with van der Waals surface area (Å²) in [5.41, 5.74) is 1.54. The quantitative estimate of drug-likeness (QED) is 0.0517. The SMILES string of the molecule is CCCCCCCCCCCCCC(=O)OC[C@H]1O[C@H](O[C@H]2CC[C@@]3(C)C(=C[C@H](O)[C@H]4[C@@H]5CC[C@H]([C@H](C)CCCC(C)C)[C@@]5(C)CC[C@@H]43)C2)[C@@H](O)[C@H](O)[C@H]1O. The standard InChI is InChI=1S/C47H82O8/c1-7-8-9-10-11-12-13-14-15-16-17-21-40(49)53-30-39-42(50)43(51)44(52)45(55-39)54-34-24-26-46(5)33(28-34)29-38(48)41-36-23-22-35(32(4)20-18-19-31(2)3)47(36,6)27-25-37(41)46/h29,31-32,34-39,41-45,48,50-52H,7-28,30H2,1-6H3/t32-,34+,35-,36+,37+,38+,39-,41+,42+,43-,44+,45+,46+,47-/m1/s1. The van der Waals surface area contributed by atoms with Gasteiger partial charge in [-0.15, -0.1) is 0 Å². The number of fused-ring (bicyclic) bond motifs is 5. The zero-order chi connectivity index (χ0) is 39.8. The highest BCUT2D eigenvalue weighted by molar-refractivity contribution is 5.69. The first-order valence-electron chi connectivity index (χ1n) is 23.2. The molecule has 0 radical (unpaired) electrons. The van der Waals surface area contributed by atoms with Gasteiger partial charge in [0.25, 0.3) is 0 Å². The molecule has 0 aromatic rings. The Balaban J connectivity index is 1.09. The second-order valence-electron chi connectivity index (χ2n) is 19.9. The van der Waals surface area contributed by atoms with E-state index in [0.717, 1.165) is 56.3 Å². The van der Waals surface area contributed by atoms with Gasteiger partial charge in [-0.25, -0.2) is 0 Å². The van der Waals surface area contributed by atoms with Crippen LogP contribution in [-0.2, 0) is 19.0 Å². The molecular formula is C47H82O8. The predicted molar refractivity (Wildman–Crippen MR) is 218 cm³/mol. The lowest BCUT2D eigenvalue weighted by Crippen LogP contribution is -2.60. The summed E-state index contributed by atoms with van der Waals surface area (Å²) < 4.78 is 17.9. The first-order chi connectivity index (χ1) is 26.3. The van der Waals surface area contributed by atoms with Crippen LogP contribution in [0.15, 0.2) is 11.6 Å². The van der Waals surface area contributed by atoms with E-state index in [2.05, 4.69) is 47.6 Å². The summed E-state index contributed by atoms with van der Waals surface area (Å²) in [6, 6.07) is 0. The Bertz CT molecular complexity index is 1210. The molecule has 0 aromatic heterocycles. The van der Waals surface area contributed by atoms with Crippen LogP contribution < -0.4 is 0 Å². The molecule has 8 heteroatoms. The van der Waals surface area contributed by atoms with Gasteiger partial charge in [-0.3, -0.25) is 4.79 Å². The van der Waals surface area contributed by atoms with Crippen molar-refractivity contribution in [2.75, 3.05) is 6.61 Å². The molecule has 1 heterocycles. The molecule has 0 spiro atoms. The summed E-state index contributed by atoms with van der Waals surface area (Å²) in [5.74, 6) is 3.15. The van der Waals surface area contributed by atoms with E-state index in [4.69, 9.17) is 14.2 Å². The van der Waals surface area contributed by atoms with Gasteiger partial charge in [-0.05, 0) is 97.7 Å². The van der Waals surface area contributed by atoms with E-state index in [-0.39, 0.29) is 30.0 Å². The number of ether oxygens (including phenoxy) is 3. The van der Waals surface area contributed by atoms with Crippen LogP contribution >= 0.6 is 0 Å². The van der Waals surface area contributed by atoms with E-state index >= 15 is 0 Å². The molecule has 1 saturated heterocycles. The van der Waals surface area contributed by atoms with Gasteiger partial charge in [0.2, 0.25) is 0 Å². The van der Waals surface area contributed by atoms with Gasteiger partial charge in [0.05, 0.1) is 12.2 Å². The maximum Gasteiger partial charge on any atom is 0.305 e. The zero-order valence-electron chi connectivity index (χ0n) is 35.8. The first-order valence-corrected chi connectivity index (χ1v) is 23.2. The Morgan fingerprint density at radius 2 is 1.47 bits per heavy atom. The normalized spacial score (nSPS) is 39.3. The lowest BCUT2D eigenvalue weighted by molar-refractivity contribution is -0.313. The maximum atomic E-state index is 12.5. The number of esters is 1. The number of carbonyl (C=O) groups is 1. The van der Waals surface area contributed by atoms with Crippen molar-refractivity contribution in [3.05, 3.63) is 11.6 Å². The van der Waals surface area contributed by atoms with E-state index in [1.807, 2.05) is 0 Å². The summed E-state index contributed by atoms with van der Waals surface area (Å²) in [4.78, 5) is 12.5. The Morgan fingerprint density at radius 3 is 2.15 bits per heavy atom. The van der Waals surface area contributed by atoms with Crippen LogP contribution in [0, 0.1) is 46.3 Å². The molecule has 0 unspecified atom stereocenters. The minimum atomic E-state index is -1.48. The molecular weight excluding hydrogens is 693 g/mol. The first kappa shape index (κ1) is 45.1. The van der Waals surface area contributed by atoms with E-state index < -0.39 is 36.8 Å². The molecule has 5 rings (SSSR count). The molecule has 0 aromatic carbocycles. The third kappa shape index (κ3) is 11.0. The molecule has 4 aliphatic carbocycles. The number of carbonyl (C=O) groups excluding carboxylic acids is 1. The molecule has 0 bridgehead atoms. The maximum absolute atomic E-state index is 12.5. The smallest absolute Gasteiger partial charge is 0.305 e. The van der Waals surface area contributed by atoms with Gasteiger partial charge < -0.3 is 34.6 Å². The molecule has 8 nitrogen and oxygen atoms in total. The number of aliphatic hydroxyl groups is 4. The van der Waals surface area contributed by atoms with Crippen molar-refractivity contribution in [3.63, 3.8) is 0 Å². The monoisotopic (exact) mass is 775 g/mol. The minimum absolute atomic E-state index is 0.00156. The summed E-state index contributed by atoms with van der Waals surface area (Å²) >= 11 is 0. The van der Waals surface area contributed by atoms with Crippen molar-refractivity contribution in [1.29, 1.82) is 0 Å². The van der Waals surface area contributed by atoms with Crippen LogP contribution in [0.2, 0.25) is 0 Å². The summed E-state index contributed by atoms with van der Waals surface area (Å²) in [6.45, 7) is 14.1. The average molecular weight is 775 g/mol. The Labute approximate surface area is 334 Å². The minimum Gasteiger partial charge on any atom is -0.463 e. The lowest BCUT2D eigenvalue weighted by Gasteiger charge is -2.59. The van der Waals surface area contributed by atoms with Crippen LogP contribution in [0.3, 0.4) is 0 Å². The Kier molecular flexibility index (Phi) is 17.0. The Hall–Kier alpha value is -1.03. The van der Waals surface area contributed by atoms with Crippen molar-refractivity contribution in [2.24, 2.45) is 46.3 Å². The van der Waals surface area contributed by atoms with E-state index in [0.29, 0.717) is 30.1 Å². The number of aliphatic hydroxyl groups excluding tert-OH is 4. The van der Waals surface area contributed by atoms with Crippen molar-refractivity contribution >= 4 is 5.97 Å². The van der Waals surface area contributed by atoms with Gasteiger partial charge in [-0.1, -0.05) is 137 Å². The highest BCUT2D eigenvalue weighted by Gasteiger charge is 2.61. The fraction of sp³-hybridized carbons (Fsp3) is 0.936. The second kappa shape index (κ2) is 20.8. The number of hydrogen-bond donors (Lipinski definition) is 4. The van der Waals surface area contributed by atoms with Crippen LogP contribution in [0.25, 0.3) is 0 Å². The van der Waals surface area contributed by atoms with E-state index in [9.17, 15) is 25.2 Å². The van der Waals surface area contributed by atoms with Crippen LogP contribution in [0.1, 0.15) is 183 Å². The second-order valence-corrected chi connectivity index (χ2v) is 19.9. The number of unbranched alkanes of at least 4 members (excludes halogenated alkanes) is 10. The zero-order valence-corrected chi connectivity index (χ0v) is 35.8. The average Bonchev–Trinajstić information content (AvgIpc) is 3.51. The molecule has 14 atom stereocenters. The van der Waals surface area contributed by atoms with Crippen molar-refractivity contribution in [2.45, 2.75) is 226 Å². The third-order valence-electron chi connectivity index (χ3n) is 15.7. The van der Waals surface area contributed by atoms with Crippen molar-refractivity contribution in [3.8, 4) is 0 Å². The van der Waals surface area contributed by atoms with Crippen LogP contribution in [0.5, 0.6) is 0 Å². The number of hydrogen-bond acceptors (Lipinski definition) is 8. The third-order valence-corrected chi connectivity index (χ3v) is 15.7. The fourth-order valence-corrected chi connectivity index (χ4v) is 12.3. The molecule has 318 valence electrons. The van der Waals surface area contributed by atoms with Crippen LogP contribution in [0.4, 0.5) is 0 Å². The summed E-state index contributed by atoms with van der Waals surface area (Å²) in [6.07, 6.45) is 19.7. The highest BCUT2D eigenvalue weighted by atomic mass is 16.7. The largest absolute Gasteiger partial charge is 0.463 e. The molecule has 4 N–H and O–H groups in total. The molecule has 4 fully saturated rings. The van der Waals surface area contributed by atoms with Crippen molar-refractivity contribution in [1.82, 2.24) is 0 Å². The summed E-state index contributed by atoms with van der Waals surface area (Å²) in [7, 11) is 0. The van der Waals surface area contributed by atoms with Gasteiger partial charge in [0.1, 0.15) is 31.0 Å². The van der Waals surface area contributed by atoms with E-state index in [1.165, 1.54) is 95.5 Å². The topological polar surface area (TPSA) is 126 Å². The fourth-order valence-electron chi connectivity index (χ4n) is 12.3. The van der Waals surface area contributed by atoms with Crippen molar-refractivity contribution < 1.29 is 39.4 Å². The Morgan fingerprint density at radius 1 is 0.800 bits per heavy atom. The van der Waals surface area contributed by atoms with Crippen LogP contribution in [-0.4, -0.2) is 75.9 Å². The highest BCUT2D eigenvalue weighted by Crippen LogP contribution is 2.67. The number of rotatable bonds is 21. The molecule has 1 aliphatic heterocycles. The molecule has 0 amide bonds. The molecule has 3 saturated carbocycles. The summed E-state index contributed by atoms with van der Waals surface area (Å²) in [5, 5.41) is 44.2. The van der Waals surface area contributed by atoms with Gasteiger partial charge >= 0.3 is 5.97 Å². The van der Waals surface area contributed by atoms with Gasteiger partial charge in [0.15, 0.2) is 6.29 Å². The lowest BCUT2D eigenvalue weighted by atomic mass is 9.46. The van der Waals surface area contributed by atoms with Gasteiger partial charge in [0, 0.05) is 6.42 Å².